The predicted octanol–water partition coefficient (Wildman–Crippen LogP) is 2.50. The van der Waals surface area contributed by atoms with Crippen molar-refractivity contribution in [2.45, 2.75) is 57.2 Å². The average Bonchev–Trinajstić information content (AvgIpc) is 2.81. The van der Waals surface area contributed by atoms with E-state index in [0.717, 1.165) is 12.8 Å². The third-order valence-corrected chi connectivity index (χ3v) is 4.85. The van der Waals surface area contributed by atoms with Gasteiger partial charge in [-0.25, -0.2) is 4.39 Å². The van der Waals surface area contributed by atoms with Crippen LogP contribution in [-0.4, -0.2) is 35.5 Å². The van der Waals surface area contributed by atoms with Gasteiger partial charge in [0.1, 0.15) is 5.82 Å². The van der Waals surface area contributed by atoms with Crippen LogP contribution in [0.3, 0.4) is 0 Å². The van der Waals surface area contributed by atoms with E-state index in [1.54, 1.807) is 18.2 Å². The molecule has 0 spiro atoms. The summed E-state index contributed by atoms with van der Waals surface area (Å²) in [6, 6.07) is 8.00. The Morgan fingerprint density at radius 3 is 2.57 bits per heavy atom. The van der Waals surface area contributed by atoms with Gasteiger partial charge in [0.05, 0.1) is 6.42 Å². The molecule has 3 rings (SSSR count). The lowest BCUT2D eigenvalue weighted by atomic mass is 9.97. The standard InChI is InChI=1S/C17H23FN2O/c1-2-20(15-10-13-7-8-14(11-15)19-13)17(21)9-12-5-3-4-6-16(12)18/h3-6,13-15,19H,2,7-11H2,1H3. The first-order valence-corrected chi connectivity index (χ1v) is 7.96. The fraction of sp³-hybridized carbons (Fsp3) is 0.588. The van der Waals surface area contributed by atoms with Gasteiger partial charge < -0.3 is 10.2 Å². The van der Waals surface area contributed by atoms with Gasteiger partial charge in [-0.3, -0.25) is 4.79 Å². The molecule has 1 N–H and O–H groups in total. The van der Waals surface area contributed by atoms with Gasteiger partial charge >= 0.3 is 0 Å². The zero-order valence-corrected chi connectivity index (χ0v) is 12.5. The first kappa shape index (κ1) is 14.5. The van der Waals surface area contributed by atoms with Crippen molar-refractivity contribution in [1.29, 1.82) is 0 Å². The molecular weight excluding hydrogens is 267 g/mol. The van der Waals surface area contributed by atoms with Gasteiger partial charge in [0.25, 0.3) is 0 Å². The van der Waals surface area contributed by atoms with Crippen LogP contribution in [0, 0.1) is 5.82 Å². The second kappa shape index (κ2) is 6.14. The molecule has 2 heterocycles. The quantitative estimate of drug-likeness (QED) is 0.924. The Hall–Kier alpha value is -1.42. The molecule has 0 radical (unpaired) electrons. The molecule has 3 nitrogen and oxygen atoms in total. The normalized spacial score (nSPS) is 27.6. The molecule has 114 valence electrons. The van der Waals surface area contributed by atoms with Gasteiger partial charge in [-0.1, -0.05) is 18.2 Å². The number of nitrogens with zero attached hydrogens (tertiary/aromatic N) is 1. The molecule has 1 amide bonds. The number of benzene rings is 1. The molecule has 0 aliphatic carbocycles. The summed E-state index contributed by atoms with van der Waals surface area (Å²) in [5.74, 6) is -0.235. The van der Waals surface area contributed by atoms with Crippen LogP contribution < -0.4 is 5.32 Å². The third-order valence-electron chi connectivity index (χ3n) is 4.85. The number of carbonyl (C=O) groups excluding carboxylic acids is 1. The number of amides is 1. The maximum atomic E-state index is 13.7. The molecule has 2 saturated heterocycles. The molecule has 1 aromatic carbocycles. The Labute approximate surface area is 125 Å². The van der Waals surface area contributed by atoms with Gasteiger partial charge in [-0.2, -0.15) is 0 Å². The Bertz CT molecular complexity index is 507. The lowest BCUT2D eigenvalue weighted by Gasteiger charge is -2.37. The molecule has 2 fully saturated rings. The van der Waals surface area contributed by atoms with Crippen LogP contribution in [0.2, 0.25) is 0 Å². The summed E-state index contributed by atoms with van der Waals surface area (Å²) in [6.07, 6.45) is 4.68. The fourth-order valence-electron chi connectivity index (χ4n) is 3.83. The van der Waals surface area contributed by atoms with Gasteiger partial charge in [-0.05, 0) is 44.2 Å². The van der Waals surface area contributed by atoms with E-state index in [-0.39, 0.29) is 18.1 Å². The van der Waals surface area contributed by atoms with E-state index in [4.69, 9.17) is 0 Å². The van der Waals surface area contributed by atoms with Crippen molar-refractivity contribution < 1.29 is 9.18 Å². The number of rotatable bonds is 4. The maximum absolute atomic E-state index is 13.7. The van der Waals surface area contributed by atoms with Crippen LogP contribution in [0.4, 0.5) is 4.39 Å². The minimum Gasteiger partial charge on any atom is -0.340 e. The first-order valence-electron chi connectivity index (χ1n) is 7.96. The monoisotopic (exact) mass is 290 g/mol. The summed E-state index contributed by atoms with van der Waals surface area (Å²) in [7, 11) is 0. The number of carbonyl (C=O) groups is 1. The van der Waals surface area contributed by atoms with Crippen LogP contribution in [0.5, 0.6) is 0 Å². The summed E-state index contributed by atoms with van der Waals surface area (Å²) in [4.78, 5) is 14.5. The molecule has 2 unspecified atom stereocenters. The van der Waals surface area contributed by atoms with E-state index in [2.05, 4.69) is 5.32 Å². The van der Waals surface area contributed by atoms with Crippen molar-refractivity contribution in [2.75, 3.05) is 6.54 Å². The Morgan fingerprint density at radius 1 is 1.29 bits per heavy atom. The summed E-state index contributed by atoms with van der Waals surface area (Å²) in [5.41, 5.74) is 0.498. The summed E-state index contributed by atoms with van der Waals surface area (Å²) in [5, 5.41) is 3.60. The van der Waals surface area contributed by atoms with E-state index in [9.17, 15) is 9.18 Å². The molecule has 0 aromatic heterocycles. The first-order chi connectivity index (χ1) is 10.2. The smallest absolute Gasteiger partial charge is 0.227 e. The number of fused-ring (bicyclic) bond motifs is 2. The van der Waals surface area contributed by atoms with Gasteiger partial charge in [-0.15, -0.1) is 0 Å². The zero-order chi connectivity index (χ0) is 14.8. The highest BCUT2D eigenvalue weighted by atomic mass is 19.1. The molecule has 0 saturated carbocycles. The highest BCUT2D eigenvalue weighted by Crippen LogP contribution is 2.30. The van der Waals surface area contributed by atoms with Gasteiger partial charge in [0.2, 0.25) is 5.91 Å². The Kier molecular flexibility index (Phi) is 4.24. The van der Waals surface area contributed by atoms with Crippen molar-refractivity contribution in [2.24, 2.45) is 0 Å². The number of hydrogen-bond donors (Lipinski definition) is 1. The van der Waals surface area contributed by atoms with Gasteiger partial charge in [0, 0.05) is 24.7 Å². The second-order valence-corrected chi connectivity index (χ2v) is 6.21. The van der Waals surface area contributed by atoms with E-state index in [1.165, 1.54) is 18.9 Å². The van der Waals surface area contributed by atoms with Crippen molar-refractivity contribution in [3.05, 3.63) is 35.6 Å². The molecule has 2 aliphatic heterocycles. The second-order valence-electron chi connectivity index (χ2n) is 6.21. The van der Waals surface area contributed by atoms with Crippen molar-refractivity contribution >= 4 is 5.91 Å². The number of likely N-dealkylation sites (N-methyl/N-ethyl adjacent to an activating group) is 1. The van der Waals surface area contributed by atoms with Crippen LogP contribution in [0.15, 0.2) is 24.3 Å². The van der Waals surface area contributed by atoms with Gasteiger partial charge in [0.15, 0.2) is 0 Å². The number of halogens is 1. The van der Waals surface area contributed by atoms with Crippen molar-refractivity contribution in [3.63, 3.8) is 0 Å². The summed E-state index contributed by atoms with van der Waals surface area (Å²) in [6.45, 7) is 2.72. The predicted molar refractivity (Wildman–Crippen MR) is 80.5 cm³/mol. The molecule has 2 bridgehead atoms. The Balaban J connectivity index is 1.68. The topological polar surface area (TPSA) is 32.3 Å². The summed E-state index contributed by atoms with van der Waals surface area (Å²) < 4.78 is 13.7. The molecule has 2 aliphatic rings. The highest BCUT2D eigenvalue weighted by Gasteiger charge is 2.37. The molecule has 21 heavy (non-hydrogen) atoms. The minimum atomic E-state index is -0.285. The van der Waals surface area contributed by atoms with Crippen LogP contribution in [-0.2, 0) is 11.2 Å². The number of nitrogens with one attached hydrogen (secondary N) is 1. The fourth-order valence-corrected chi connectivity index (χ4v) is 3.83. The largest absolute Gasteiger partial charge is 0.340 e. The zero-order valence-electron chi connectivity index (χ0n) is 12.5. The minimum absolute atomic E-state index is 0.0499. The lowest BCUT2D eigenvalue weighted by Crippen LogP contribution is -2.50. The summed E-state index contributed by atoms with van der Waals surface area (Å²) >= 11 is 0. The molecular formula is C17H23FN2O. The average molecular weight is 290 g/mol. The van der Waals surface area contributed by atoms with E-state index in [0.29, 0.717) is 30.2 Å². The van der Waals surface area contributed by atoms with Crippen molar-refractivity contribution in [1.82, 2.24) is 10.2 Å². The van der Waals surface area contributed by atoms with E-state index < -0.39 is 0 Å². The molecule has 1 aromatic rings. The molecule has 4 heteroatoms. The Morgan fingerprint density at radius 2 is 1.95 bits per heavy atom. The maximum Gasteiger partial charge on any atom is 0.227 e. The molecule has 2 atom stereocenters. The van der Waals surface area contributed by atoms with Crippen LogP contribution in [0.1, 0.15) is 38.2 Å². The number of hydrogen-bond acceptors (Lipinski definition) is 2. The van der Waals surface area contributed by atoms with E-state index in [1.807, 2.05) is 11.8 Å². The third kappa shape index (κ3) is 3.10. The van der Waals surface area contributed by atoms with Crippen LogP contribution in [0.25, 0.3) is 0 Å². The van der Waals surface area contributed by atoms with E-state index >= 15 is 0 Å². The highest BCUT2D eigenvalue weighted by molar-refractivity contribution is 5.79. The van der Waals surface area contributed by atoms with Crippen LogP contribution >= 0.6 is 0 Å². The SMILES string of the molecule is CCN(C(=O)Cc1ccccc1F)C1CC2CCC(C1)N2. The van der Waals surface area contributed by atoms with Crippen molar-refractivity contribution in [3.8, 4) is 0 Å². The number of piperidine rings is 1. The lowest BCUT2D eigenvalue weighted by molar-refractivity contribution is -0.133.